The summed E-state index contributed by atoms with van der Waals surface area (Å²) in [4.78, 5) is 15.3. The van der Waals surface area contributed by atoms with Crippen molar-refractivity contribution in [1.29, 1.82) is 0 Å². The van der Waals surface area contributed by atoms with Gasteiger partial charge >= 0.3 is 0 Å². The molecule has 0 bridgehead atoms. The lowest BCUT2D eigenvalue weighted by atomic mass is 10.1. The molecule has 1 aromatic rings. The largest absolute Gasteiger partial charge is 0.372 e. The molecule has 0 saturated heterocycles. The van der Waals surface area contributed by atoms with Crippen molar-refractivity contribution in [3.63, 3.8) is 0 Å². The minimum absolute atomic E-state index is 0.175. The second-order valence-electron chi connectivity index (χ2n) is 3.88. The fourth-order valence-corrected chi connectivity index (χ4v) is 1.65. The Balaban J connectivity index is 2.49. The smallest absolute Gasteiger partial charge is 0.294 e. The number of carbonyl (C=O) groups is 1. The van der Waals surface area contributed by atoms with E-state index in [-0.39, 0.29) is 12.0 Å². The average Bonchev–Trinajstić information content (AvgIpc) is 2.73. The normalized spacial score (nSPS) is 12.8. The highest BCUT2D eigenvalue weighted by Gasteiger charge is 2.11. The van der Waals surface area contributed by atoms with Crippen molar-refractivity contribution >= 4 is 17.2 Å². The number of hydrogen-bond donors (Lipinski definition) is 2. The number of hydrazine groups is 1. The molecule has 1 rings (SSSR count). The Hall–Kier alpha value is -0.980. The molecule has 1 heterocycles. The van der Waals surface area contributed by atoms with Crippen molar-refractivity contribution in [2.45, 2.75) is 33.5 Å². The number of amides is 1. The molecule has 1 atom stereocenters. The van der Waals surface area contributed by atoms with E-state index in [0.717, 1.165) is 5.69 Å². The standard InChI is InChI=1S/C10H17N3O2S/c1-6(2)7(3)15-4-8-5-16-10(12-8)9(14)13-11/h5-7H,4,11H2,1-3H3,(H,13,14). The molecule has 3 N–H and O–H groups in total. The molecular formula is C10H17N3O2S. The SMILES string of the molecule is CC(C)C(C)OCc1csc(C(=O)NN)n1. The lowest BCUT2D eigenvalue weighted by Crippen LogP contribution is -2.29. The van der Waals surface area contributed by atoms with Crippen LogP contribution in [-0.2, 0) is 11.3 Å². The van der Waals surface area contributed by atoms with Gasteiger partial charge in [0.15, 0.2) is 5.01 Å². The van der Waals surface area contributed by atoms with E-state index in [4.69, 9.17) is 10.6 Å². The summed E-state index contributed by atoms with van der Waals surface area (Å²) in [6.07, 6.45) is 0.175. The number of nitrogens with one attached hydrogen (secondary N) is 1. The monoisotopic (exact) mass is 243 g/mol. The highest BCUT2D eigenvalue weighted by molar-refractivity contribution is 7.11. The number of thiazole rings is 1. The van der Waals surface area contributed by atoms with E-state index in [2.05, 4.69) is 18.8 Å². The number of rotatable bonds is 5. The number of carbonyl (C=O) groups excluding carboxylic acids is 1. The van der Waals surface area contributed by atoms with Crippen LogP contribution >= 0.6 is 11.3 Å². The van der Waals surface area contributed by atoms with E-state index < -0.39 is 0 Å². The van der Waals surface area contributed by atoms with Gasteiger partial charge in [-0.3, -0.25) is 10.2 Å². The number of hydrogen-bond acceptors (Lipinski definition) is 5. The zero-order chi connectivity index (χ0) is 12.1. The van der Waals surface area contributed by atoms with Crippen LogP contribution in [0.1, 0.15) is 36.3 Å². The van der Waals surface area contributed by atoms with Crippen molar-refractivity contribution in [1.82, 2.24) is 10.4 Å². The Labute approximate surface area is 99.0 Å². The van der Waals surface area contributed by atoms with Crippen LogP contribution in [-0.4, -0.2) is 17.0 Å². The molecule has 0 saturated carbocycles. The van der Waals surface area contributed by atoms with Crippen molar-refractivity contribution in [3.8, 4) is 0 Å². The molecule has 0 aliphatic carbocycles. The Morgan fingerprint density at radius 2 is 2.31 bits per heavy atom. The highest BCUT2D eigenvalue weighted by Crippen LogP contribution is 2.13. The minimum atomic E-state index is -0.367. The molecule has 6 heteroatoms. The third kappa shape index (κ3) is 3.55. The van der Waals surface area contributed by atoms with Gasteiger partial charge in [-0.1, -0.05) is 13.8 Å². The summed E-state index contributed by atoms with van der Waals surface area (Å²) >= 11 is 1.26. The quantitative estimate of drug-likeness (QED) is 0.464. The van der Waals surface area contributed by atoms with Crippen molar-refractivity contribution < 1.29 is 9.53 Å². The average molecular weight is 243 g/mol. The molecule has 0 aliphatic rings. The summed E-state index contributed by atoms with van der Waals surface area (Å²) < 4.78 is 5.60. The van der Waals surface area contributed by atoms with Crippen LogP contribution in [0.15, 0.2) is 5.38 Å². The second-order valence-corrected chi connectivity index (χ2v) is 4.74. The first-order chi connectivity index (χ1) is 7.54. The van der Waals surface area contributed by atoms with Gasteiger partial charge < -0.3 is 4.74 Å². The van der Waals surface area contributed by atoms with Gasteiger partial charge in [-0.15, -0.1) is 11.3 Å². The zero-order valence-electron chi connectivity index (χ0n) is 9.69. The van der Waals surface area contributed by atoms with Crippen LogP contribution in [0.4, 0.5) is 0 Å². The molecule has 16 heavy (non-hydrogen) atoms. The van der Waals surface area contributed by atoms with Gasteiger partial charge in [0.2, 0.25) is 0 Å². The second kappa shape index (κ2) is 5.93. The van der Waals surface area contributed by atoms with Gasteiger partial charge in [0.1, 0.15) is 0 Å². The molecule has 1 amide bonds. The van der Waals surface area contributed by atoms with Crippen molar-refractivity contribution in [2.75, 3.05) is 0 Å². The van der Waals surface area contributed by atoms with Gasteiger partial charge in [0.25, 0.3) is 5.91 Å². The predicted octanol–water partition coefficient (Wildman–Crippen LogP) is 1.31. The summed E-state index contributed by atoms with van der Waals surface area (Å²) in [5, 5.41) is 2.16. The van der Waals surface area contributed by atoms with E-state index in [1.165, 1.54) is 11.3 Å². The van der Waals surface area contributed by atoms with Gasteiger partial charge in [0, 0.05) is 5.38 Å². The Bertz CT molecular complexity index is 352. The van der Waals surface area contributed by atoms with E-state index in [0.29, 0.717) is 17.5 Å². The van der Waals surface area contributed by atoms with Gasteiger partial charge in [-0.25, -0.2) is 10.8 Å². The third-order valence-electron chi connectivity index (χ3n) is 2.31. The van der Waals surface area contributed by atoms with Gasteiger partial charge in [-0.2, -0.15) is 0 Å². The van der Waals surface area contributed by atoms with Crippen LogP contribution in [0.25, 0.3) is 0 Å². The zero-order valence-corrected chi connectivity index (χ0v) is 10.5. The molecule has 1 aromatic heterocycles. The summed E-state index contributed by atoms with van der Waals surface area (Å²) in [5.41, 5.74) is 2.81. The van der Waals surface area contributed by atoms with E-state index in [1.54, 1.807) is 5.38 Å². The molecular weight excluding hydrogens is 226 g/mol. The third-order valence-corrected chi connectivity index (χ3v) is 3.20. The first-order valence-corrected chi connectivity index (χ1v) is 5.99. The number of nitrogens with zero attached hydrogens (tertiary/aromatic N) is 1. The minimum Gasteiger partial charge on any atom is -0.372 e. The topological polar surface area (TPSA) is 77.2 Å². The van der Waals surface area contributed by atoms with Crippen LogP contribution in [0, 0.1) is 5.92 Å². The maximum absolute atomic E-state index is 11.1. The predicted molar refractivity (Wildman–Crippen MR) is 62.9 cm³/mol. The molecule has 1 unspecified atom stereocenters. The Morgan fingerprint density at radius 3 is 2.88 bits per heavy atom. The molecule has 0 aliphatic heterocycles. The van der Waals surface area contributed by atoms with E-state index >= 15 is 0 Å². The van der Waals surface area contributed by atoms with E-state index in [1.807, 2.05) is 12.3 Å². The maximum Gasteiger partial charge on any atom is 0.294 e. The molecule has 5 nitrogen and oxygen atoms in total. The maximum atomic E-state index is 11.1. The molecule has 0 radical (unpaired) electrons. The number of nitrogens with two attached hydrogens (primary N) is 1. The van der Waals surface area contributed by atoms with E-state index in [9.17, 15) is 4.79 Å². The fraction of sp³-hybridized carbons (Fsp3) is 0.600. The van der Waals surface area contributed by atoms with Crippen molar-refractivity contribution in [2.24, 2.45) is 11.8 Å². The summed E-state index contributed by atoms with van der Waals surface area (Å²) in [7, 11) is 0. The van der Waals surface area contributed by atoms with Crippen LogP contribution in [0.5, 0.6) is 0 Å². The van der Waals surface area contributed by atoms with Gasteiger partial charge in [0.05, 0.1) is 18.4 Å². The molecule has 0 fully saturated rings. The molecule has 90 valence electrons. The Morgan fingerprint density at radius 1 is 1.62 bits per heavy atom. The number of ether oxygens (including phenoxy) is 1. The lowest BCUT2D eigenvalue weighted by Gasteiger charge is -2.15. The number of nitrogen functional groups attached to an aromatic ring is 1. The van der Waals surface area contributed by atoms with Crippen LogP contribution in [0.2, 0.25) is 0 Å². The summed E-state index contributed by atoms with van der Waals surface area (Å²) in [6, 6.07) is 0. The van der Waals surface area contributed by atoms with Gasteiger partial charge in [-0.05, 0) is 12.8 Å². The number of aromatic nitrogens is 1. The lowest BCUT2D eigenvalue weighted by molar-refractivity contribution is 0.0220. The Kier molecular flexibility index (Phi) is 4.85. The fourth-order valence-electron chi connectivity index (χ4n) is 0.949. The van der Waals surface area contributed by atoms with Crippen LogP contribution in [0.3, 0.4) is 0 Å². The molecule has 0 spiro atoms. The highest BCUT2D eigenvalue weighted by atomic mass is 32.1. The van der Waals surface area contributed by atoms with Crippen LogP contribution < -0.4 is 11.3 Å². The first kappa shape index (κ1) is 13.1. The first-order valence-electron chi connectivity index (χ1n) is 5.11. The van der Waals surface area contributed by atoms with Crippen molar-refractivity contribution in [3.05, 3.63) is 16.1 Å². The molecule has 0 aromatic carbocycles. The summed E-state index contributed by atoms with van der Waals surface area (Å²) in [6.45, 7) is 6.64. The summed E-state index contributed by atoms with van der Waals surface area (Å²) in [5.74, 6) is 5.11.